The number of ether oxygens (including phenoxy) is 1. The fourth-order valence-electron chi connectivity index (χ4n) is 3.68. The summed E-state index contributed by atoms with van der Waals surface area (Å²) in [4.78, 5) is 12.8. The molecule has 0 saturated carbocycles. The maximum absolute atomic E-state index is 12.8. The minimum Gasteiger partial charge on any atom is -0.406 e. The SMILES string of the molecule is CC.CC.CCOP(C)(=O)N1CCC(NC(=O)c2cccc(-c3cccc(OC(F)(F)F)c3)c2)CC1. The molecule has 2 aromatic rings. The minimum absolute atomic E-state index is 0.0625. The Morgan fingerprint density at radius 1 is 1.03 bits per heavy atom. The second-order valence-electron chi connectivity index (χ2n) is 7.58. The van der Waals surface area contributed by atoms with Crippen LogP contribution in [0.2, 0.25) is 0 Å². The van der Waals surface area contributed by atoms with Crippen molar-refractivity contribution in [2.24, 2.45) is 0 Å². The Bertz CT molecular complexity index is 993. The first-order valence-corrected chi connectivity index (χ1v) is 14.3. The molecule has 202 valence electrons. The number of halogens is 3. The molecule has 1 amide bonds. The van der Waals surface area contributed by atoms with Crippen molar-refractivity contribution in [3.8, 4) is 16.9 Å². The number of carbonyl (C=O) groups is 1. The lowest BCUT2D eigenvalue weighted by Crippen LogP contribution is -2.43. The van der Waals surface area contributed by atoms with Crippen LogP contribution in [0.4, 0.5) is 13.2 Å². The summed E-state index contributed by atoms with van der Waals surface area (Å²) in [5.74, 6) is -0.589. The zero-order valence-electron chi connectivity index (χ0n) is 21.9. The number of benzene rings is 2. The second-order valence-corrected chi connectivity index (χ2v) is 10.0. The molecule has 1 saturated heterocycles. The van der Waals surface area contributed by atoms with Gasteiger partial charge in [-0.15, -0.1) is 13.2 Å². The molecule has 0 aromatic heterocycles. The molecule has 1 unspecified atom stereocenters. The molecule has 1 fully saturated rings. The summed E-state index contributed by atoms with van der Waals surface area (Å²) in [5, 5.41) is 2.99. The van der Waals surface area contributed by atoms with Gasteiger partial charge in [0.1, 0.15) is 5.75 Å². The average Bonchev–Trinajstić information content (AvgIpc) is 2.86. The Morgan fingerprint density at radius 3 is 2.14 bits per heavy atom. The monoisotopic (exact) mass is 530 g/mol. The Morgan fingerprint density at radius 2 is 1.58 bits per heavy atom. The first-order valence-electron chi connectivity index (χ1n) is 12.3. The van der Waals surface area contributed by atoms with Crippen LogP contribution in [0.5, 0.6) is 5.75 Å². The quantitative estimate of drug-likeness (QED) is 0.379. The van der Waals surface area contributed by atoms with E-state index < -0.39 is 13.9 Å². The van der Waals surface area contributed by atoms with Gasteiger partial charge in [0, 0.05) is 31.4 Å². The van der Waals surface area contributed by atoms with Crippen molar-refractivity contribution in [1.82, 2.24) is 9.99 Å². The number of amides is 1. The van der Waals surface area contributed by atoms with E-state index in [0.29, 0.717) is 49.2 Å². The number of hydrogen-bond acceptors (Lipinski definition) is 4. The molecule has 1 N–H and O–H groups in total. The molecule has 0 radical (unpaired) electrons. The highest BCUT2D eigenvalue weighted by Crippen LogP contribution is 2.48. The summed E-state index contributed by atoms with van der Waals surface area (Å²) in [6, 6.07) is 12.2. The minimum atomic E-state index is -4.77. The molecule has 0 spiro atoms. The van der Waals surface area contributed by atoms with E-state index in [9.17, 15) is 22.5 Å². The Labute approximate surface area is 212 Å². The third-order valence-corrected chi connectivity index (χ3v) is 7.38. The van der Waals surface area contributed by atoms with Crippen molar-refractivity contribution in [1.29, 1.82) is 0 Å². The standard InChI is InChI=1S/C22H26F3N2O4P.2C2H6/c1-3-30-32(2,29)27-12-10-19(11-13-27)26-21(28)18-8-4-6-16(14-18)17-7-5-9-20(15-17)31-22(23,24)25;2*1-2/h4-9,14-15,19H,3,10-13H2,1-2H3,(H,26,28);2*1-2H3. The number of carbonyl (C=O) groups excluding carboxylic acids is 1. The van der Waals surface area contributed by atoms with Crippen molar-refractivity contribution in [3.63, 3.8) is 0 Å². The van der Waals surface area contributed by atoms with Crippen LogP contribution in [0.25, 0.3) is 11.1 Å². The largest absolute Gasteiger partial charge is 0.573 e. The molecule has 1 heterocycles. The lowest BCUT2D eigenvalue weighted by molar-refractivity contribution is -0.274. The maximum atomic E-state index is 12.8. The van der Waals surface area contributed by atoms with Gasteiger partial charge in [0.05, 0.1) is 6.61 Å². The van der Waals surface area contributed by atoms with Gasteiger partial charge in [-0.1, -0.05) is 52.0 Å². The lowest BCUT2D eigenvalue weighted by Gasteiger charge is -2.35. The molecule has 6 nitrogen and oxygen atoms in total. The van der Waals surface area contributed by atoms with Crippen LogP contribution in [-0.4, -0.2) is 49.3 Å². The average molecular weight is 531 g/mol. The predicted octanol–water partition coefficient (Wildman–Crippen LogP) is 7.36. The zero-order valence-corrected chi connectivity index (χ0v) is 22.8. The Balaban J connectivity index is 0.00000154. The fraction of sp³-hybridized carbons (Fsp3) is 0.500. The Kier molecular flexibility index (Phi) is 13.2. The molecular weight excluding hydrogens is 492 g/mol. The van der Waals surface area contributed by atoms with Gasteiger partial charge in [-0.05, 0) is 55.2 Å². The summed E-state index contributed by atoms with van der Waals surface area (Å²) in [7, 11) is -2.80. The van der Waals surface area contributed by atoms with Crippen molar-refractivity contribution in [2.45, 2.75) is 59.9 Å². The van der Waals surface area contributed by atoms with Crippen LogP contribution in [0.1, 0.15) is 57.8 Å². The third kappa shape index (κ3) is 9.96. The summed E-state index contributed by atoms with van der Waals surface area (Å²) >= 11 is 0. The Hall–Kier alpha value is -2.35. The summed E-state index contributed by atoms with van der Waals surface area (Å²) in [5.41, 5.74) is 1.51. The van der Waals surface area contributed by atoms with E-state index in [1.54, 1.807) is 43.9 Å². The van der Waals surface area contributed by atoms with Crippen molar-refractivity contribution < 1.29 is 31.8 Å². The van der Waals surface area contributed by atoms with E-state index in [-0.39, 0.29) is 17.7 Å². The van der Waals surface area contributed by atoms with Gasteiger partial charge in [0.2, 0.25) is 0 Å². The molecule has 3 rings (SSSR count). The van der Waals surface area contributed by atoms with E-state index in [1.807, 2.05) is 32.4 Å². The number of hydrogen-bond donors (Lipinski definition) is 1. The number of alkyl halides is 3. The fourth-order valence-corrected chi connectivity index (χ4v) is 5.28. The normalized spacial score (nSPS) is 15.9. The molecular formula is C26H38F3N2O4P. The highest BCUT2D eigenvalue weighted by Gasteiger charge is 2.32. The molecule has 1 atom stereocenters. The molecule has 0 aliphatic carbocycles. The van der Waals surface area contributed by atoms with Crippen molar-refractivity contribution in [2.75, 3.05) is 26.4 Å². The molecule has 0 bridgehead atoms. The summed E-state index contributed by atoms with van der Waals surface area (Å²) < 4.78 is 61.2. The van der Waals surface area contributed by atoms with E-state index >= 15 is 0 Å². The van der Waals surface area contributed by atoms with Gasteiger partial charge in [0.25, 0.3) is 13.4 Å². The van der Waals surface area contributed by atoms with Crippen molar-refractivity contribution >= 4 is 13.4 Å². The van der Waals surface area contributed by atoms with E-state index in [1.165, 1.54) is 18.2 Å². The van der Waals surface area contributed by atoms with Gasteiger partial charge in [-0.3, -0.25) is 9.36 Å². The highest BCUT2D eigenvalue weighted by atomic mass is 31.2. The van der Waals surface area contributed by atoms with Crippen molar-refractivity contribution in [3.05, 3.63) is 54.1 Å². The van der Waals surface area contributed by atoms with Crippen LogP contribution in [0.15, 0.2) is 48.5 Å². The van der Waals surface area contributed by atoms with E-state index in [0.717, 1.165) is 0 Å². The number of nitrogens with one attached hydrogen (secondary N) is 1. The first-order chi connectivity index (χ1) is 17.1. The van der Waals surface area contributed by atoms with Gasteiger partial charge < -0.3 is 14.6 Å². The maximum Gasteiger partial charge on any atom is 0.573 e. The van der Waals surface area contributed by atoms with Crippen LogP contribution in [0, 0.1) is 0 Å². The third-order valence-electron chi connectivity index (χ3n) is 5.21. The first kappa shape index (κ1) is 31.7. The molecule has 1 aliphatic rings. The zero-order chi connectivity index (χ0) is 27.4. The van der Waals surface area contributed by atoms with Crippen LogP contribution in [0.3, 0.4) is 0 Å². The van der Waals surface area contributed by atoms with Crippen LogP contribution >= 0.6 is 7.52 Å². The van der Waals surface area contributed by atoms with E-state index in [2.05, 4.69) is 10.1 Å². The number of rotatable bonds is 7. The molecule has 10 heteroatoms. The smallest absolute Gasteiger partial charge is 0.406 e. The second kappa shape index (κ2) is 15.0. The molecule has 36 heavy (non-hydrogen) atoms. The van der Waals surface area contributed by atoms with Crippen LogP contribution in [-0.2, 0) is 9.09 Å². The lowest BCUT2D eigenvalue weighted by atomic mass is 10.0. The van der Waals surface area contributed by atoms with Gasteiger partial charge >= 0.3 is 6.36 Å². The van der Waals surface area contributed by atoms with Gasteiger partial charge in [0.15, 0.2) is 0 Å². The number of nitrogens with zero attached hydrogens (tertiary/aromatic N) is 1. The summed E-state index contributed by atoms with van der Waals surface area (Å²) in [6.07, 6.45) is -3.48. The van der Waals surface area contributed by atoms with Gasteiger partial charge in [-0.2, -0.15) is 0 Å². The predicted molar refractivity (Wildman–Crippen MR) is 138 cm³/mol. The highest BCUT2D eigenvalue weighted by molar-refractivity contribution is 7.55. The molecule has 1 aliphatic heterocycles. The number of piperidine rings is 1. The van der Waals surface area contributed by atoms with Crippen LogP contribution < -0.4 is 10.1 Å². The summed E-state index contributed by atoms with van der Waals surface area (Å²) in [6.45, 7) is 12.9. The van der Waals surface area contributed by atoms with Gasteiger partial charge in [-0.25, -0.2) is 4.67 Å². The topological polar surface area (TPSA) is 67.9 Å². The molecule has 2 aromatic carbocycles. The van der Waals surface area contributed by atoms with E-state index in [4.69, 9.17) is 4.52 Å².